The van der Waals surface area contributed by atoms with E-state index in [2.05, 4.69) is 9.97 Å². The molecule has 2 N–H and O–H groups in total. The molecule has 1 aromatic heterocycles. The lowest BCUT2D eigenvalue weighted by molar-refractivity contribution is 0.298. The fourth-order valence-corrected chi connectivity index (χ4v) is 0.673. The molecule has 0 bridgehead atoms. The normalized spacial score (nSPS) is 9.70. The van der Waals surface area contributed by atoms with Gasteiger partial charge in [-0.25, -0.2) is 9.78 Å². The summed E-state index contributed by atoms with van der Waals surface area (Å²) in [6.07, 6.45) is 1.89. The summed E-state index contributed by atoms with van der Waals surface area (Å²) in [7, 11) is 0. The molecule has 4 heteroatoms. The van der Waals surface area contributed by atoms with Gasteiger partial charge in [-0.15, -0.1) is 0 Å². The lowest BCUT2D eigenvalue weighted by Gasteiger charge is -1.93. The molecule has 0 amide bonds. The van der Waals surface area contributed by atoms with Crippen LogP contribution < -0.4 is 5.69 Å². The topological polar surface area (TPSA) is 66.0 Å². The Labute approximate surface area is 57.6 Å². The van der Waals surface area contributed by atoms with Crippen LogP contribution in [0.2, 0.25) is 0 Å². The average Bonchev–Trinajstić information content (AvgIpc) is 1.88. The van der Waals surface area contributed by atoms with Gasteiger partial charge in [-0.2, -0.15) is 0 Å². The number of aliphatic hydroxyl groups is 1. The fourth-order valence-electron chi connectivity index (χ4n) is 0.673. The summed E-state index contributed by atoms with van der Waals surface area (Å²) in [5, 5.41) is 8.47. The number of nitrogens with zero attached hydrogens (tertiary/aromatic N) is 1. The van der Waals surface area contributed by atoms with Crippen LogP contribution in [0.4, 0.5) is 0 Å². The highest BCUT2D eigenvalue weighted by atomic mass is 16.3. The van der Waals surface area contributed by atoms with Crippen LogP contribution in [0.3, 0.4) is 0 Å². The van der Waals surface area contributed by atoms with Crippen LogP contribution in [0.1, 0.15) is 5.69 Å². The summed E-state index contributed by atoms with van der Waals surface area (Å²) in [6.45, 7) is 0.0416. The lowest BCUT2D eigenvalue weighted by Crippen LogP contribution is -2.11. The molecule has 0 saturated heterocycles. The van der Waals surface area contributed by atoms with Crippen molar-refractivity contribution in [3.63, 3.8) is 0 Å². The number of nitrogens with one attached hydrogen (secondary N) is 1. The van der Waals surface area contributed by atoms with Crippen LogP contribution in [0.15, 0.2) is 17.1 Å². The molecule has 0 unspecified atom stereocenters. The minimum Gasteiger partial charge on any atom is -0.396 e. The van der Waals surface area contributed by atoms with Gasteiger partial charge < -0.3 is 10.1 Å². The highest BCUT2D eigenvalue weighted by Crippen LogP contribution is 1.87. The molecule has 0 aliphatic rings. The molecule has 0 saturated carbocycles. The first-order chi connectivity index (χ1) is 4.83. The van der Waals surface area contributed by atoms with Gasteiger partial charge in [0, 0.05) is 24.9 Å². The Morgan fingerprint density at radius 2 is 2.50 bits per heavy atom. The Morgan fingerprint density at radius 1 is 1.70 bits per heavy atom. The summed E-state index contributed by atoms with van der Waals surface area (Å²) in [5.41, 5.74) is 0.341. The third kappa shape index (κ3) is 1.66. The highest BCUT2D eigenvalue weighted by molar-refractivity contribution is 4.97. The number of aliphatic hydroxyl groups excluding tert-OH is 1. The number of H-pyrrole nitrogens is 1. The number of rotatable bonds is 2. The van der Waals surface area contributed by atoms with E-state index in [1.807, 2.05) is 0 Å². The maximum atomic E-state index is 10.5. The molecule has 10 heavy (non-hydrogen) atoms. The van der Waals surface area contributed by atoms with Crippen molar-refractivity contribution in [2.45, 2.75) is 6.42 Å². The third-order valence-electron chi connectivity index (χ3n) is 1.12. The Morgan fingerprint density at radius 3 is 3.10 bits per heavy atom. The van der Waals surface area contributed by atoms with Gasteiger partial charge in [0.25, 0.3) is 0 Å². The van der Waals surface area contributed by atoms with E-state index in [0.717, 1.165) is 0 Å². The van der Waals surface area contributed by atoms with Crippen molar-refractivity contribution in [3.8, 4) is 0 Å². The molecule has 0 radical (unpaired) electrons. The Bertz CT molecular complexity index is 256. The fraction of sp³-hybridized carbons (Fsp3) is 0.333. The van der Waals surface area contributed by atoms with Crippen molar-refractivity contribution in [2.24, 2.45) is 0 Å². The zero-order chi connectivity index (χ0) is 7.40. The van der Waals surface area contributed by atoms with Gasteiger partial charge in [-0.05, 0) is 6.07 Å². The molecule has 0 aliphatic heterocycles. The summed E-state index contributed by atoms with van der Waals surface area (Å²) in [6, 6.07) is 1.66. The van der Waals surface area contributed by atoms with Gasteiger partial charge in [0.2, 0.25) is 0 Å². The number of aromatic amines is 1. The van der Waals surface area contributed by atoms with Crippen molar-refractivity contribution in [1.29, 1.82) is 0 Å². The largest absolute Gasteiger partial charge is 0.396 e. The summed E-state index contributed by atoms with van der Waals surface area (Å²) < 4.78 is 0. The maximum Gasteiger partial charge on any atom is 0.345 e. The zero-order valence-corrected chi connectivity index (χ0v) is 5.37. The van der Waals surface area contributed by atoms with Crippen molar-refractivity contribution in [3.05, 3.63) is 28.4 Å². The van der Waals surface area contributed by atoms with Gasteiger partial charge in [-0.3, -0.25) is 0 Å². The van der Waals surface area contributed by atoms with Crippen molar-refractivity contribution < 1.29 is 5.11 Å². The summed E-state index contributed by atoms with van der Waals surface area (Å²) in [5.74, 6) is 0. The molecule has 1 rings (SSSR count). The van der Waals surface area contributed by atoms with E-state index < -0.39 is 0 Å². The van der Waals surface area contributed by atoms with E-state index in [1.54, 1.807) is 6.07 Å². The standard InChI is InChI=1S/C6H8N2O2/c9-4-2-5-1-3-7-6(10)8-5/h1,3,9H,2,4H2,(H,7,8,10). The van der Waals surface area contributed by atoms with Crippen LogP contribution in [0.5, 0.6) is 0 Å². The van der Waals surface area contributed by atoms with Crippen LogP contribution in [-0.4, -0.2) is 21.7 Å². The predicted molar refractivity (Wildman–Crippen MR) is 35.6 cm³/mol. The van der Waals surface area contributed by atoms with Crippen LogP contribution in [0.25, 0.3) is 0 Å². The SMILES string of the molecule is O=c1nccc(CCO)[nH]1. The number of hydrogen-bond donors (Lipinski definition) is 2. The molecule has 0 aliphatic carbocycles. The molecular formula is C6H8N2O2. The van der Waals surface area contributed by atoms with E-state index in [0.29, 0.717) is 12.1 Å². The van der Waals surface area contributed by atoms with Crippen molar-refractivity contribution in [2.75, 3.05) is 6.61 Å². The van der Waals surface area contributed by atoms with Crippen molar-refractivity contribution >= 4 is 0 Å². The molecule has 1 heterocycles. The first-order valence-electron chi connectivity index (χ1n) is 2.98. The molecule has 4 nitrogen and oxygen atoms in total. The number of hydrogen-bond acceptors (Lipinski definition) is 3. The second kappa shape index (κ2) is 3.12. The minimum absolute atomic E-state index is 0.0416. The Hall–Kier alpha value is -1.16. The van der Waals surface area contributed by atoms with Gasteiger partial charge in [0.1, 0.15) is 0 Å². The monoisotopic (exact) mass is 140 g/mol. The molecule has 0 atom stereocenters. The molecule has 0 aromatic carbocycles. The lowest BCUT2D eigenvalue weighted by atomic mass is 10.3. The second-order valence-corrected chi connectivity index (χ2v) is 1.87. The van der Waals surface area contributed by atoms with Gasteiger partial charge >= 0.3 is 5.69 Å². The molecule has 1 aromatic rings. The molecule has 0 fully saturated rings. The van der Waals surface area contributed by atoms with Crippen LogP contribution in [-0.2, 0) is 6.42 Å². The van der Waals surface area contributed by atoms with Crippen LogP contribution in [0, 0.1) is 0 Å². The van der Waals surface area contributed by atoms with E-state index in [-0.39, 0.29) is 12.3 Å². The predicted octanol–water partition coefficient (Wildman–Crippen LogP) is -0.695. The highest BCUT2D eigenvalue weighted by Gasteiger charge is 1.90. The van der Waals surface area contributed by atoms with Gasteiger partial charge in [0.05, 0.1) is 0 Å². The van der Waals surface area contributed by atoms with E-state index in [4.69, 9.17) is 5.11 Å². The number of aromatic nitrogens is 2. The smallest absolute Gasteiger partial charge is 0.345 e. The quantitative estimate of drug-likeness (QED) is 0.571. The molecule has 54 valence electrons. The van der Waals surface area contributed by atoms with Crippen molar-refractivity contribution in [1.82, 2.24) is 9.97 Å². The Kier molecular flexibility index (Phi) is 2.17. The Balaban J connectivity index is 2.85. The summed E-state index contributed by atoms with van der Waals surface area (Å²) in [4.78, 5) is 16.4. The van der Waals surface area contributed by atoms with Gasteiger partial charge in [-0.1, -0.05) is 0 Å². The first-order valence-corrected chi connectivity index (χ1v) is 2.98. The molecular weight excluding hydrogens is 132 g/mol. The van der Waals surface area contributed by atoms with E-state index in [9.17, 15) is 4.79 Å². The average molecular weight is 140 g/mol. The second-order valence-electron chi connectivity index (χ2n) is 1.87. The van der Waals surface area contributed by atoms with Gasteiger partial charge in [0.15, 0.2) is 0 Å². The molecule has 0 spiro atoms. The van der Waals surface area contributed by atoms with E-state index >= 15 is 0 Å². The van der Waals surface area contributed by atoms with E-state index in [1.165, 1.54) is 6.20 Å². The zero-order valence-electron chi connectivity index (χ0n) is 5.37. The minimum atomic E-state index is -0.369. The van der Waals surface area contributed by atoms with Crippen LogP contribution >= 0.6 is 0 Å². The third-order valence-corrected chi connectivity index (χ3v) is 1.12. The first kappa shape index (κ1) is 6.95. The maximum absolute atomic E-state index is 10.5. The summed E-state index contributed by atoms with van der Waals surface area (Å²) >= 11 is 0.